The van der Waals surface area contributed by atoms with E-state index in [1.165, 1.54) is 12.0 Å². The highest BCUT2D eigenvalue weighted by atomic mass is 79.9. The van der Waals surface area contributed by atoms with Crippen LogP contribution < -0.4 is 9.47 Å². The van der Waals surface area contributed by atoms with Gasteiger partial charge in [-0.15, -0.1) is 0 Å². The number of nitrogens with zero attached hydrogens (tertiary/aromatic N) is 2. The van der Waals surface area contributed by atoms with Gasteiger partial charge in [-0.1, -0.05) is 43.7 Å². The number of aliphatic hydroxyl groups excluding tert-OH is 1. The molecule has 1 fully saturated rings. The number of ether oxygens (including phenoxy) is 2. The molecule has 1 heterocycles. The summed E-state index contributed by atoms with van der Waals surface area (Å²) in [6.45, 7) is 8.90. The number of methoxy groups -OCH3 is 1. The molecular formula is C32H35BrN2O6. The Morgan fingerprint density at radius 2 is 1.76 bits per heavy atom. The number of aromatic hydroxyl groups is 1. The second-order valence-corrected chi connectivity index (χ2v) is 10.7. The maximum absolute atomic E-state index is 13.4. The molecule has 4 rings (SSSR count). The lowest BCUT2D eigenvalue weighted by molar-refractivity contribution is -0.140. The van der Waals surface area contributed by atoms with Crippen molar-refractivity contribution in [2.45, 2.75) is 33.4 Å². The molecule has 0 aromatic heterocycles. The van der Waals surface area contributed by atoms with Crippen LogP contribution in [-0.2, 0) is 16.2 Å². The van der Waals surface area contributed by atoms with Crippen LogP contribution in [0.15, 0.2) is 70.7 Å². The molecule has 0 bridgehead atoms. The van der Waals surface area contributed by atoms with Gasteiger partial charge in [-0.2, -0.15) is 0 Å². The number of hydrogen-bond donors (Lipinski definition) is 2. The Morgan fingerprint density at radius 3 is 2.39 bits per heavy atom. The minimum Gasteiger partial charge on any atom is -0.507 e. The average Bonchev–Trinajstić information content (AvgIpc) is 3.23. The number of aryl methyl sites for hydroxylation is 1. The van der Waals surface area contributed by atoms with Crippen molar-refractivity contribution in [2.75, 3.05) is 33.3 Å². The summed E-state index contributed by atoms with van der Waals surface area (Å²) < 4.78 is 11.6. The first-order chi connectivity index (χ1) is 19.7. The zero-order valence-electron chi connectivity index (χ0n) is 23.7. The van der Waals surface area contributed by atoms with Crippen LogP contribution in [0.1, 0.15) is 42.1 Å². The van der Waals surface area contributed by atoms with E-state index >= 15 is 0 Å². The van der Waals surface area contributed by atoms with Crippen molar-refractivity contribution >= 4 is 33.4 Å². The van der Waals surface area contributed by atoms with Gasteiger partial charge in [-0.05, 0) is 83.5 Å². The molecule has 8 nitrogen and oxygen atoms in total. The van der Waals surface area contributed by atoms with E-state index in [-0.39, 0.29) is 29.4 Å². The van der Waals surface area contributed by atoms with E-state index in [2.05, 4.69) is 26.9 Å². The molecule has 0 spiro atoms. The average molecular weight is 624 g/mol. The first kappa shape index (κ1) is 30.1. The molecule has 3 aromatic carbocycles. The molecule has 1 aliphatic rings. The maximum Gasteiger partial charge on any atom is 0.295 e. The number of rotatable bonds is 11. The Morgan fingerprint density at radius 1 is 1.05 bits per heavy atom. The zero-order chi connectivity index (χ0) is 29.7. The van der Waals surface area contributed by atoms with E-state index in [9.17, 15) is 19.8 Å². The van der Waals surface area contributed by atoms with Crippen molar-refractivity contribution < 1.29 is 29.3 Å². The van der Waals surface area contributed by atoms with Gasteiger partial charge in [0, 0.05) is 18.7 Å². The van der Waals surface area contributed by atoms with E-state index < -0.39 is 17.7 Å². The largest absolute Gasteiger partial charge is 0.507 e. The van der Waals surface area contributed by atoms with Crippen molar-refractivity contribution in [1.82, 2.24) is 9.80 Å². The molecular weight excluding hydrogens is 588 g/mol. The van der Waals surface area contributed by atoms with Gasteiger partial charge in [0.2, 0.25) is 0 Å². The third kappa shape index (κ3) is 6.57. The number of benzene rings is 3. The van der Waals surface area contributed by atoms with Crippen LogP contribution in [0, 0.1) is 6.92 Å². The summed E-state index contributed by atoms with van der Waals surface area (Å²) in [5, 5.41) is 21.8. The SMILES string of the molecule is CCN(CC)CCN1C(=O)C(=O)/C(=C(/O)c2ccc(OCc3cccc(C)c3)cc2)C1c1cc(Br)c(O)c(OC)c1. The van der Waals surface area contributed by atoms with Gasteiger partial charge in [-0.25, -0.2) is 0 Å². The minimum absolute atomic E-state index is 0.0254. The first-order valence-corrected chi connectivity index (χ1v) is 14.3. The number of likely N-dealkylation sites (N-methyl/N-ethyl adjacent to an activating group) is 1. The van der Waals surface area contributed by atoms with Crippen molar-refractivity contribution in [3.05, 3.63) is 93.0 Å². The smallest absolute Gasteiger partial charge is 0.295 e. The van der Waals surface area contributed by atoms with E-state index in [1.807, 2.05) is 39.0 Å². The third-order valence-corrected chi connectivity index (χ3v) is 7.90. The molecule has 9 heteroatoms. The van der Waals surface area contributed by atoms with E-state index in [0.29, 0.717) is 34.5 Å². The monoisotopic (exact) mass is 622 g/mol. The normalized spacial score (nSPS) is 16.4. The maximum atomic E-state index is 13.4. The van der Waals surface area contributed by atoms with Crippen LogP contribution in [-0.4, -0.2) is 65.0 Å². The van der Waals surface area contributed by atoms with E-state index in [4.69, 9.17) is 9.47 Å². The summed E-state index contributed by atoms with van der Waals surface area (Å²) in [4.78, 5) is 30.4. The fourth-order valence-corrected chi connectivity index (χ4v) is 5.45. The molecule has 0 radical (unpaired) electrons. The Labute approximate surface area is 248 Å². The van der Waals surface area contributed by atoms with E-state index in [0.717, 1.165) is 24.2 Å². The van der Waals surface area contributed by atoms with Crippen molar-refractivity contribution in [3.8, 4) is 17.2 Å². The predicted molar refractivity (Wildman–Crippen MR) is 161 cm³/mol. The molecule has 1 unspecified atom stereocenters. The summed E-state index contributed by atoms with van der Waals surface area (Å²) in [5.41, 5.74) is 3.06. The fraction of sp³-hybridized carbons (Fsp3) is 0.312. The Bertz CT molecular complexity index is 1450. The number of Topliss-reactive ketones (excluding diaryl/α,β-unsaturated/α-hetero) is 1. The number of hydrogen-bond acceptors (Lipinski definition) is 7. The van der Waals surface area contributed by atoms with Gasteiger partial charge < -0.3 is 29.5 Å². The minimum atomic E-state index is -0.881. The summed E-state index contributed by atoms with van der Waals surface area (Å²) in [6, 6.07) is 17.1. The molecule has 2 N–H and O–H groups in total. The lowest BCUT2D eigenvalue weighted by Gasteiger charge is -2.28. The number of carbonyl (C=O) groups excluding carboxylic acids is 2. The lowest BCUT2D eigenvalue weighted by atomic mass is 9.95. The number of ketones is 1. The Balaban J connectivity index is 1.70. The second kappa shape index (κ2) is 13.2. The summed E-state index contributed by atoms with van der Waals surface area (Å²) in [7, 11) is 1.42. The Kier molecular flexibility index (Phi) is 9.73. The van der Waals surface area contributed by atoms with Crippen molar-refractivity contribution in [1.29, 1.82) is 0 Å². The van der Waals surface area contributed by atoms with Crippen LogP contribution >= 0.6 is 15.9 Å². The second-order valence-electron chi connectivity index (χ2n) is 9.88. The van der Waals surface area contributed by atoms with Crippen molar-refractivity contribution in [2.24, 2.45) is 0 Å². The van der Waals surface area contributed by atoms with Gasteiger partial charge in [0.25, 0.3) is 11.7 Å². The number of carbonyl (C=O) groups is 2. The third-order valence-electron chi connectivity index (χ3n) is 7.29. The molecule has 0 aliphatic carbocycles. The first-order valence-electron chi connectivity index (χ1n) is 13.5. The number of phenols is 1. The van der Waals surface area contributed by atoms with E-state index in [1.54, 1.807) is 36.4 Å². The van der Waals surface area contributed by atoms with Crippen LogP contribution in [0.2, 0.25) is 0 Å². The topological polar surface area (TPSA) is 99.5 Å². The lowest BCUT2D eigenvalue weighted by Crippen LogP contribution is -2.38. The summed E-state index contributed by atoms with van der Waals surface area (Å²) >= 11 is 3.35. The standard InChI is InChI=1S/C32H35BrN2O6/c1-5-34(6-2)14-15-35-28(23-17-25(33)30(37)26(18-23)40-4)27(31(38)32(35)39)29(36)22-10-12-24(13-11-22)41-19-21-9-7-8-20(3)16-21/h7-13,16-18,28,36-37H,5-6,14-15,19H2,1-4H3/b29-27+. The molecule has 41 heavy (non-hydrogen) atoms. The predicted octanol–water partition coefficient (Wildman–Crippen LogP) is 5.81. The number of aliphatic hydroxyl groups is 1. The van der Waals surface area contributed by atoms with Gasteiger partial charge >= 0.3 is 0 Å². The number of phenolic OH excluding ortho intramolecular Hbond substituents is 1. The number of amides is 1. The van der Waals surface area contributed by atoms with Crippen LogP contribution in [0.5, 0.6) is 17.2 Å². The van der Waals surface area contributed by atoms with Gasteiger partial charge in [-0.3, -0.25) is 9.59 Å². The molecule has 1 saturated heterocycles. The number of likely N-dealkylation sites (tertiary alicyclic amines) is 1. The molecule has 1 amide bonds. The Hall–Kier alpha value is -3.82. The van der Waals surface area contributed by atoms with Crippen LogP contribution in [0.25, 0.3) is 5.76 Å². The van der Waals surface area contributed by atoms with Crippen LogP contribution in [0.3, 0.4) is 0 Å². The molecule has 216 valence electrons. The quantitative estimate of drug-likeness (QED) is 0.158. The van der Waals surface area contributed by atoms with Crippen molar-refractivity contribution in [3.63, 3.8) is 0 Å². The highest BCUT2D eigenvalue weighted by Crippen LogP contribution is 2.44. The highest BCUT2D eigenvalue weighted by molar-refractivity contribution is 9.10. The zero-order valence-corrected chi connectivity index (χ0v) is 25.3. The molecule has 1 aliphatic heterocycles. The van der Waals surface area contributed by atoms with Gasteiger partial charge in [0.1, 0.15) is 18.1 Å². The molecule has 1 atom stereocenters. The van der Waals surface area contributed by atoms with Gasteiger partial charge in [0.05, 0.1) is 23.2 Å². The van der Waals surface area contributed by atoms with Crippen LogP contribution in [0.4, 0.5) is 0 Å². The summed E-state index contributed by atoms with van der Waals surface area (Å²) in [5.74, 6) is -1.06. The molecule has 0 saturated carbocycles. The molecule has 3 aromatic rings. The number of halogens is 1. The highest BCUT2D eigenvalue weighted by Gasteiger charge is 2.46. The fourth-order valence-electron chi connectivity index (χ4n) is 4.99. The van der Waals surface area contributed by atoms with Gasteiger partial charge in [0.15, 0.2) is 11.5 Å². The summed E-state index contributed by atoms with van der Waals surface area (Å²) in [6.07, 6.45) is 0.